The first-order chi connectivity index (χ1) is 11.7. The van der Waals surface area contributed by atoms with Crippen LogP contribution in [0, 0.1) is 0 Å². The Morgan fingerprint density at radius 1 is 1.36 bits per heavy atom. The van der Waals surface area contributed by atoms with Gasteiger partial charge in [0.05, 0.1) is 36.9 Å². The fourth-order valence-electron chi connectivity index (χ4n) is 3.10. The van der Waals surface area contributed by atoms with Gasteiger partial charge in [0.15, 0.2) is 6.10 Å². The minimum absolute atomic E-state index is 0.0529. The molecular formula is C13H17F3N6O3. The second-order valence-corrected chi connectivity index (χ2v) is 6.00. The number of halogens is 3. The van der Waals surface area contributed by atoms with E-state index in [9.17, 15) is 22.8 Å². The van der Waals surface area contributed by atoms with Gasteiger partial charge in [0.1, 0.15) is 0 Å². The number of aromatic nitrogens is 2. The van der Waals surface area contributed by atoms with Crippen molar-refractivity contribution in [3.05, 3.63) is 17.0 Å². The number of nitrogens with two attached hydrogens (primary N) is 2. The van der Waals surface area contributed by atoms with Crippen LogP contribution in [0.5, 0.6) is 0 Å². The first kappa shape index (κ1) is 17.5. The minimum Gasteiger partial charge on any atom is -0.367 e. The van der Waals surface area contributed by atoms with Crippen molar-refractivity contribution in [1.82, 2.24) is 20.2 Å². The molecule has 2 aliphatic heterocycles. The van der Waals surface area contributed by atoms with Crippen molar-refractivity contribution in [1.29, 1.82) is 0 Å². The molecule has 3 amide bonds. The van der Waals surface area contributed by atoms with E-state index in [1.54, 1.807) is 0 Å². The van der Waals surface area contributed by atoms with Gasteiger partial charge in [-0.3, -0.25) is 14.3 Å². The van der Waals surface area contributed by atoms with Crippen LogP contribution in [0.2, 0.25) is 0 Å². The fourth-order valence-corrected chi connectivity index (χ4v) is 3.10. The van der Waals surface area contributed by atoms with Crippen LogP contribution < -0.4 is 16.9 Å². The third-order valence-electron chi connectivity index (χ3n) is 4.23. The Kier molecular flexibility index (Phi) is 4.33. The molecule has 0 spiro atoms. The summed E-state index contributed by atoms with van der Waals surface area (Å²) in [5, 5.41) is 4.30. The third kappa shape index (κ3) is 3.54. The van der Waals surface area contributed by atoms with Gasteiger partial charge < -0.3 is 16.4 Å². The quantitative estimate of drug-likeness (QED) is 0.665. The van der Waals surface area contributed by atoms with E-state index in [0.717, 1.165) is 0 Å². The number of alkyl halides is 3. The summed E-state index contributed by atoms with van der Waals surface area (Å²) in [7, 11) is 0. The molecule has 0 radical (unpaired) electrons. The first-order valence-electron chi connectivity index (χ1n) is 7.56. The van der Waals surface area contributed by atoms with Gasteiger partial charge in [0.25, 0.3) is 5.91 Å². The summed E-state index contributed by atoms with van der Waals surface area (Å²) in [4.78, 5) is 29.2. The Bertz CT molecular complexity index is 704. The predicted molar refractivity (Wildman–Crippen MR) is 76.5 cm³/mol. The number of nitrogens with one attached hydrogen (secondary N) is 1. The summed E-state index contributed by atoms with van der Waals surface area (Å²) in [6, 6.07) is -1.95. The Morgan fingerprint density at radius 2 is 2.08 bits per heavy atom. The molecule has 25 heavy (non-hydrogen) atoms. The smallest absolute Gasteiger partial charge is 0.367 e. The van der Waals surface area contributed by atoms with Crippen LogP contribution in [0.15, 0.2) is 0 Å². The molecule has 0 aromatic carbocycles. The lowest BCUT2D eigenvalue weighted by molar-refractivity contribution is -0.156. The zero-order chi connectivity index (χ0) is 18.4. The van der Waals surface area contributed by atoms with Gasteiger partial charge in [-0.25, -0.2) is 4.79 Å². The van der Waals surface area contributed by atoms with Crippen molar-refractivity contribution in [2.75, 3.05) is 6.54 Å². The lowest BCUT2D eigenvalue weighted by Gasteiger charge is -2.27. The van der Waals surface area contributed by atoms with Gasteiger partial charge in [-0.15, -0.1) is 0 Å². The second kappa shape index (κ2) is 6.19. The number of fused-ring (bicyclic) bond motifs is 3. The summed E-state index contributed by atoms with van der Waals surface area (Å²) in [5.41, 5.74) is 14.1. The predicted octanol–water partition coefficient (Wildman–Crippen LogP) is -0.298. The van der Waals surface area contributed by atoms with Crippen LogP contribution in [-0.4, -0.2) is 45.4 Å². The van der Waals surface area contributed by atoms with E-state index in [-0.39, 0.29) is 18.8 Å². The molecular weight excluding hydrogens is 345 g/mol. The molecule has 0 bridgehead atoms. The molecule has 3 rings (SSSR count). The maximum Gasteiger partial charge on any atom is 0.391 e. The molecule has 5 N–H and O–H groups in total. The molecule has 0 fully saturated rings. The van der Waals surface area contributed by atoms with Gasteiger partial charge >= 0.3 is 12.2 Å². The highest BCUT2D eigenvalue weighted by molar-refractivity contribution is 5.78. The lowest BCUT2D eigenvalue weighted by Crippen LogP contribution is -2.40. The number of hydrogen-bond donors (Lipinski definition) is 3. The van der Waals surface area contributed by atoms with Crippen molar-refractivity contribution in [3.63, 3.8) is 0 Å². The van der Waals surface area contributed by atoms with E-state index < -0.39 is 36.7 Å². The SMILES string of the molecule is NC(=O)C1Cn2nc3c(c2C(CC(F)(F)F)NO1)CN(C(N)=O)CC3. The van der Waals surface area contributed by atoms with E-state index in [1.165, 1.54) is 9.58 Å². The summed E-state index contributed by atoms with van der Waals surface area (Å²) in [6.45, 7) is 0.263. The van der Waals surface area contributed by atoms with Crippen molar-refractivity contribution < 1.29 is 27.6 Å². The van der Waals surface area contributed by atoms with Crippen LogP contribution in [0.25, 0.3) is 0 Å². The van der Waals surface area contributed by atoms with E-state index in [0.29, 0.717) is 24.2 Å². The Morgan fingerprint density at radius 3 is 2.68 bits per heavy atom. The number of primary amides is 2. The normalized spacial score (nSPS) is 23.6. The van der Waals surface area contributed by atoms with Gasteiger partial charge in [-0.2, -0.15) is 23.8 Å². The highest BCUT2D eigenvalue weighted by atomic mass is 19.4. The molecule has 0 aliphatic carbocycles. The van der Waals surface area contributed by atoms with E-state index in [1.807, 2.05) is 0 Å². The number of carbonyl (C=O) groups is 2. The van der Waals surface area contributed by atoms with Gasteiger partial charge in [0, 0.05) is 18.5 Å². The molecule has 12 heteroatoms. The van der Waals surface area contributed by atoms with Crippen molar-refractivity contribution >= 4 is 11.9 Å². The molecule has 0 saturated heterocycles. The van der Waals surface area contributed by atoms with Crippen molar-refractivity contribution in [2.45, 2.75) is 44.3 Å². The average molecular weight is 362 g/mol. The number of hydrogen-bond acceptors (Lipinski definition) is 5. The molecule has 9 nitrogen and oxygen atoms in total. The van der Waals surface area contributed by atoms with Gasteiger partial charge in [-0.1, -0.05) is 0 Å². The monoisotopic (exact) mass is 362 g/mol. The zero-order valence-electron chi connectivity index (χ0n) is 13.0. The van der Waals surface area contributed by atoms with Crippen LogP contribution >= 0.6 is 0 Å². The molecule has 1 aromatic rings. The minimum atomic E-state index is -4.48. The van der Waals surface area contributed by atoms with Crippen LogP contribution in [-0.2, 0) is 29.1 Å². The van der Waals surface area contributed by atoms with E-state index >= 15 is 0 Å². The summed E-state index contributed by atoms with van der Waals surface area (Å²) >= 11 is 0. The Labute approximate surface area is 140 Å². The number of amides is 3. The third-order valence-corrected chi connectivity index (χ3v) is 4.23. The Hall–Kier alpha value is -2.34. The largest absolute Gasteiger partial charge is 0.391 e. The molecule has 0 saturated carbocycles. The number of hydroxylamine groups is 1. The topological polar surface area (TPSA) is 128 Å². The molecule has 1 aromatic heterocycles. The van der Waals surface area contributed by atoms with E-state index in [2.05, 4.69) is 10.6 Å². The molecule has 2 atom stereocenters. The molecule has 138 valence electrons. The zero-order valence-corrected chi connectivity index (χ0v) is 13.0. The van der Waals surface area contributed by atoms with Crippen LogP contribution in [0.4, 0.5) is 18.0 Å². The van der Waals surface area contributed by atoms with Crippen molar-refractivity contribution in [2.24, 2.45) is 11.5 Å². The Balaban J connectivity index is 2.02. The van der Waals surface area contributed by atoms with Gasteiger partial charge in [0.2, 0.25) is 0 Å². The summed E-state index contributed by atoms with van der Waals surface area (Å²) in [6.07, 6.45) is -6.51. The molecule has 2 aliphatic rings. The standard InChI is InChI=1S/C13H17F3N6O3/c14-13(15,16)3-8-10-6-4-21(12(18)24)2-1-7(6)19-22(10)5-9(11(17)23)25-20-8/h8-9,20H,1-5H2,(H2,17,23)(H2,18,24). The van der Waals surface area contributed by atoms with Crippen LogP contribution in [0.1, 0.15) is 29.4 Å². The van der Waals surface area contributed by atoms with E-state index in [4.69, 9.17) is 16.3 Å². The highest BCUT2D eigenvalue weighted by Gasteiger charge is 2.40. The number of nitrogens with zero attached hydrogens (tertiary/aromatic N) is 3. The average Bonchev–Trinajstić information content (AvgIpc) is 2.76. The van der Waals surface area contributed by atoms with Crippen molar-refractivity contribution in [3.8, 4) is 0 Å². The van der Waals surface area contributed by atoms with Gasteiger partial charge in [-0.05, 0) is 0 Å². The fraction of sp³-hybridized carbons (Fsp3) is 0.615. The molecule has 3 heterocycles. The first-order valence-corrected chi connectivity index (χ1v) is 7.56. The number of carbonyl (C=O) groups excluding carboxylic acids is 2. The van der Waals surface area contributed by atoms with Crippen LogP contribution in [0.3, 0.4) is 0 Å². The molecule has 2 unspecified atom stereocenters. The lowest BCUT2D eigenvalue weighted by atomic mass is 10.00. The number of urea groups is 1. The summed E-state index contributed by atoms with van der Waals surface area (Å²) in [5.74, 6) is -0.821. The highest BCUT2D eigenvalue weighted by Crippen LogP contribution is 2.35. The number of rotatable bonds is 2. The maximum atomic E-state index is 13.0. The second-order valence-electron chi connectivity index (χ2n) is 6.00. The maximum absolute atomic E-state index is 13.0. The summed E-state index contributed by atoms with van der Waals surface area (Å²) < 4.78 is 40.2.